The summed E-state index contributed by atoms with van der Waals surface area (Å²) in [5, 5.41) is 10.2. The molecule has 126 valence electrons. The number of benzene rings is 1. The van der Waals surface area contributed by atoms with E-state index in [0.717, 1.165) is 25.7 Å². The Morgan fingerprint density at radius 3 is 2.42 bits per heavy atom. The molecule has 1 aromatic heterocycles. The third-order valence-electron chi connectivity index (χ3n) is 3.70. The Kier molecular flexibility index (Phi) is 6.89. The van der Waals surface area contributed by atoms with E-state index in [1.54, 1.807) is 18.2 Å². The summed E-state index contributed by atoms with van der Waals surface area (Å²) in [7, 11) is 0. The largest absolute Gasteiger partial charge is 0.397 e. The summed E-state index contributed by atoms with van der Waals surface area (Å²) in [6.45, 7) is 0. The first-order valence-electron chi connectivity index (χ1n) is 8.11. The van der Waals surface area contributed by atoms with Gasteiger partial charge in [-0.15, -0.1) is 0 Å². The van der Waals surface area contributed by atoms with Gasteiger partial charge in [-0.1, -0.05) is 25.0 Å². The fraction of sp³-hybridized carbons (Fsp3) is 0.333. The third kappa shape index (κ3) is 5.79. The van der Waals surface area contributed by atoms with Gasteiger partial charge < -0.3 is 11.1 Å². The maximum absolute atomic E-state index is 11.9. The minimum absolute atomic E-state index is 0.0353. The highest BCUT2D eigenvalue weighted by molar-refractivity contribution is 5.95. The van der Waals surface area contributed by atoms with E-state index in [9.17, 15) is 9.59 Å². The highest BCUT2D eigenvalue weighted by Crippen LogP contribution is 2.17. The Labute approximate surface area is 141 Å². The van der Waals surface area contributed by atoms with Gasteiger partial charge in [0.25, 0.3) is 0 Å². The maximum atomic E-state index is 11.9. The van der Waals surface area contributed by atoms with Gasteiger partial charge >= 0.3 is 0 Å². The lowest BCUT2D eigenvalue weighted by molar-refractivity contribution is -0.116. The van der Waals surface area contributed by atoms with Gasteiger partial charge in [0.15, 0.2) is 5.78 Å². The number of para-hydroxylation sites is 2. The molecule has 6 nitrogen and oxygen atoms in total. The molecule has 0 fully saturated rings. The van der Waals surface area contributed by atoms with Crippen LogP contribution in [0.25, 0.3) is 0 Å². The Morgan fingerprint density at radius 2 is 1.71 bits per heavy atom. The van der Waals surface area contributed by atoms with Gasteiger partial charge in [0.05, 0.1) is 23.8 Å². The van der Waals surface area contributed by atoms with Crippen LogP contribution in [0, 0.1) is 0 Å². The molecule has 2 rings (SSSR count). The highest BCUT2D eigenvalue weighted by atomic mass is 16.1. The summed E-state index contributed by atoms with van der Waals surface area (Å²) in [4.78, 5) is 23.7. The molecular formula is C18H22N4O2. The van der Waals surface area contributed by atoms with Crippen LogP contribution in [0.15, 0.2) is 42.7 Å². The molecule has 0 saturated carbocycles. The van der Waals surface area contributed by atoms with Crippen molar-refractivity contribution in [3.63, 3.8) is 0 Å². The average molecular weight is 326 g/mol. The number of rotatable bonds is 9. The van der Waals surface area contributed by atoms with Gasteiger partial charge in [0, 0.05) is 18.4 Å². The number of aromatic nitrogens is 2. The van der Waals surface area contributed by atoms with E-state index in [2.05, 4.69) is 15.5 Å². The van der Waals surface area contributed by atoms with Crippen molar-refractivity contribution < 1.29 is 9.59 Å². The van der Waals surface area contributed by atoms with E-state index < -0.39 is 0 Å². The number of nitrogens with zero attached hydrogens (tertiary/aromatic N) is 2. The Balaban J connectivity index is 1.57. The third-order valence-corrected chi connectivity index (χ3v) is 3.70. The number of carbonyl (C=O) groups excluding carboxylic acids is 2. The topological polar surface area (TPSA) is 98.0 Å². The molecule has 0 spiro atoms. The second-order valence-corrected chi connectivity index (χ2v) is 5.60. The number of anilines is 2. The van der Waals surface area contributed by atoms with Crippen molar-refractivity contribution in [2.75, 3.05) is 11.1 Å². The van der Waals surface area contributed by atoms with Crippen LogP contribution in [0.5, 0.6) is 0 Å². The Morgan fingerprint density at radius 1 is 0.958 bits per heavy atom. The summed E-state index contributed by atoms with van der Waals surface area (Å²) in [5.74, 6) is 0.0500. The molecule has 0 aliphatic heterocycles. The minimum Gasteiger partial charge on any atom is -0.397 e. The molecular weight excluding hydrogens is 304 g/mol. The molecule has 1 aromatic carbocycles. The van der Waals surface area contributed by atoms with Crippen molar-refractivity contribution in [1.82, 2.24) is 10.2 Å². The number of nitrogens with one attached hydrogen (secondary N) is 1. The van der Waals surface area contributed by atoms with Gasteiger partial charge in [0.2, 0.25) is 5.91 Å². The summed E-state index contributed by atoms with van der Waals surface area (Å²) in [6, 6.07) is 8.88. The van der Waals surface area contributed by atoms with Crippen LogP contribution in [0.2, 0.25) is 0 Å². The van der Waals surface area contributed by atoms with Gasteiger partial charge in [-0.05, 0) is 31.0 Å². The molecule has 0 saturated heterocycles. The Bertz CT molecular complexity index is 674. The minimum atomic E-state index is -0.0353. The zero-order chi connectivity index (χ0) is 17.2. The van der Waals surface area contributed by atoms with Gasteiger partial charge in [0.1, 0.15) is 0 Å². The van der Waals surface area contributed by atoms with Crippen molar-refractivity contribution in [2.24, 2.45) is 0 Å². The summed E-state index contributed by atoms with van der Waals surface area (Å²) < 4.78 is 0. The molecule has 0 aliphatic rings. The second-order valence-electron chi connectivity index (χ2n) is 5.60. The molecule has 3 N–H and O–H groups in total. The van der Waals surface area contributed by atoms with E-state index in [1.807, 2.05) is 12.1 Å². The fourth-order valence-electron chi connectivity index (χ4n) is 2.35. The monoisotopic (exact) mass is 326 g/mol. The van der Waals surface area contributed by atoms with Crippen LogP contribution >= 0.6 is 0 Å². The van der Waals surface area contributed by atoms with Crippen LogP contribution in [0.1, 0.15) is 48.9 Å². The first-order valence-corrected chi connectivity index (χ1v) is 8.11. The van der Waals surface area contributed by atoms with Gasteiger partial charge in [-0.2, -0.15) is 10.2 Å². The van der Waals surface area contributed by atoms with Crippen LogP contribution in [-0.4, -0.2) is 21.9 Å². The predicted octanol–water partition coefficient (Wildman–Crippen LogP) is 3.22. The number of hydrogen-bond acceptors (Lipinski definition) is 5. The molecule has 0 bridgehead atoms. The van der Waals surface area contributed by atoms with Crippen molar-refractivity contribution in [3.05, 3.63) is 48.3 Å². The number of nitrogens with two attached hydrogens (primary N) is 1. The molecule has 1 heterocycles. The predicted molar refractivity (Wildman–Crippen MR) is 93.5 cm³/mol. The summed E-state index contributed by atoms with van der Waals surface area (Å²) in [5.41, 5.74) is 7.60. The highest BCUT2D eigenvalue weighted by Gasteiger charge is 2.06. The number of ketones is 1. The first-order chi connectivity index (χ1) is 11.7. The number of hydrogen-bond donors (Lipinski definition) is 2. The second kappa shape index (κ2) is 9.39. The Hall–Kier alpha value is -2.76. The van der Waals surface area contributed by atoms with Crippen LogP contribution in [-0.2, 0) is 4.79 Å². The lowest BCUT2D eigenvalue weighted by Crippen LogP contribution is -2.12. The van der Waals surface area contributed by atoms with Crippen LogP contribution < -0.4 is 11.1 Å². The lowest BCUT2D eigenvalue weighted by Gasteiger charge is -2.07. The first kappa shape index (κ1) is 17.6. The number of carbonyl (C=O) groups is 2. The fourth-order valence-corrected chi connectivity index (χ4v) is 2.35. The number of nitrogen functional groups attached to an aromatic ring is 1. The standard InChI is InChI=1S/C18H22N4O2/c19-15-7-5-6-8-16(15)22-18(24)10-4-2-1-3-9-17(23)14-11-12-20-21-13-14/h5-8,11-13H,1-4,9-10,19H2,(H,22,24). The average Bonchev–Trinajstić information content (AvgIpc) is 2.60. The van der Waals surface area contributed by atoms with Crippen LogP contribution in [0.3, 0.4) is 0 Å². The smallest absolute Gasteiger partial charge is 0.224 e. The molecule has 0 atom stereocenters. The quantitative estimate of drug-likeness (QED) is 0.419. The number of unbranched alkanes of at least 4 members (excludes halogenated alkanes) is 3. The summed E-state index contributed by atoms with van der Waals surface area (Å²) in [6.07, 6.45) is 7.41. The summed E-state index contributed by atoms with van der Waals surface area (Å²) >= 11 is 0. The van der Waals surface area contributed by atoms with Crippen molar-refractivity contribution in [1.29, 1.82) is 0 Å². The van der Waals surface area contributed by atoms with E-state index in [4.69, 9.17) is 5.73 Å². The van der Waals surface area contributed by atoms with Gasteiger partial charge in [-0.3, -0.25) is 9.59 Å². The zero-order valence-corrected chi connectivity index (χ0v) is 13.6. The SMILES string of the molecule is Nc1ccccc1NC(=O)CCCCCCC(=O)c1ccnnc1. The number of amides is 1. The normalized spacial score (nSPS) is 10.3. The van der Waals surface area contributed by atoms with Crippen molar-refractivity contribution >= 4 is 23.1 Å². The van der Waals surface area contributed by atoms with Crippen molar-refractivity contribution in [2.45, 2.75) is 38.5 Å². The molecule has 0 aliphatic carbocycles. The molecule has 24 heavy (non-hydrogen) atoms. The van der Waals surface area contributed by atoms with Gasteiger partial charge in [-0.25, -0.2) is 0 Å². The molecule has 0 unspecified atom stereocenters. The molecule has 2 aromatic rings. The maximum Gasteiger partial charge on any atom is 0.224 e. The molecule has 0 radical (unpaired) electrons. The zero-order valence-electron chi connectivity index (χ0n) is 13.6. The number of Topliss-reactive ketones (excluding diaryl/α,β-unsaturated/α-hetero) is 1. The van der Waals surface area contributed by atoms with E-state index in [1.165, 1.54) is 12.4 Å². The molecule has 6 heteroatoms. The van der Waals surface area contributed by atoms with E-state index in [0.29, 0.717) is 29.8 Å². The van der Waals surface area contributed by atoms with E-state index >= 15 is 0 Å². The van der Waals surface area contributed by atoms with Crippen LogP contribution in [0.4, 0.5) is 11.4 Å². The lowest BCUT2D eigenvalue weighted by atomic mass is 10.1. The van der Waals surface area contributed by atoms with E-state index in [-0.39, 0.29) is 11.7 Å². The van der Waals surface area contributed by atoms with Crippen molar-refractivity contribution in [3.8, 4) is 0 Å². The molecule has 1 amide bonds.